The largest absolute Gasteiger partial charge is 0.340 e. The van der Waals surface area contributed by atoms with Crippen molar-refractivity contribution in [2.24, 2.45) is 5.92 Å². The van der Waals surface area contributed by atoms with Crippen molar-refractivity contribution in [1.82, 2.24) is 9.88 Å². The third-order valence-electron chi connectivity index (χ3n) is 5.24. The van der Waals surface area contributed by atoms with Crippen LogP contribution in [0.5, 0.6) is 0 Å². The van der Waals surface area contributed by atoms with Gasteiger partial charge in [0.05, 0.1) is 17.4 Å². The van der Waals surface area contributed by atoms with E-state index in [0.717, 1.165) is 50.5 Å². The fraction of sp³-hybridized carbons (Fsp3) is 0.400. The van der Waals surface area contributed by atoms with E-state index in [2.05, 4.69) is 41.1 Å². The molecule has 0 radical (unpaired) electrons. The second-order valence-electron chi connectivity index (χ2n) is 6.94. The SMILES string of the molecule is CC1CCN(C(=O)c2cncc(N3CCc4ccccc43)c2)CC1. The third-order valence-corrected chi connectivity index (χ3v) is 5.24. The van der Waals surface area contributed by atoms with Crippen molar-refractivity contribution < 1.29 is 4.79 Å². The molecule has 4 rings (SSSR count). The molecule has 24 heavy (non-hydrogen) atoms. The van der Waals surface area contributed by atoms with Crippen LogP contribution in [0.15, 0.2) is 42.7 Å². The molecule has 1 saturated heterocycles. The molecule has 0 aliphatic carbocycles. The smallest absolute Gasteiger partial charge is 0.255 e. The third kappa shape index (κ3) is 2.77. The number of fused-ring (bicyclic) bond motifs is 1. The van der Waals surface area contributed by atoms with Crippen molar-refractivity contribution in [3.8, 4) is 0 Å². The topological polar surface area (TPSA) is 36.4 Å². The predicted octanol–water partition coefficient (Wildman–Crippen LogP) is 3.65. The molecule has 0 spiro atoms. The van der Waals surface area contributed by atoms with Crippen molar-refractivity contribution in [1.29, 1.82) is 0 Å². The van der Waals surface area contributed by atoms with Gasteiger partial charge in [-0.3, -0.25) is 9.78 Å². The summed E-state index contributed by atoms with van der Waals surface area (Å²) in [6, 6.07) is 10.5. The van der Waals surface area contributed by atoms with E-state index in [1.165, 1.54) is 11.3 Å². The maximum absolute atomic E-state index is 12.8. The van der Waals surface area contributed by atoms with Crippen LogP contribution in [-0.4, -0.2) is 35.4 Å². The number of aromatic nitrogens is 1. The van der Waals surface area contributed by atoms with Crippen LogP contribution in [0.4, 0.5) is 11.4 Å². The second-order valence-corrected chi connectivity index (χ2v) is 6.94. The Balaban J connectivity index is 1.57. The maximum atomic E-state index is 12.8. The van der Waals surface area contributed by atoms with Crippen LogP contribution in [0.2, 0.25) is 0 Å². The minimum atomic E-state index is 0.115. The summed E-state index contributed by atoms with van der Waals surface area (Å²) in [4.78, 5) is 21.4. The number of benzene rings is 1. The van der Waals surface area contributed by atoms with Gasteiger partial charge in [-0.15, -0.1) is 0 Å². The fourth-order valence-electron chi connectivity index (χ4n) is 3.69. The summed E-state index contributed by atoms with van der Waals surface area (Å²) < 4.78 is 0. The Kier molecular flexibility index (Phi) is 3.97. The Morgan fingerprint density at radius 1 is 1.12 bits per heavy atom. The van der Waals surface area contributed by atoms with Crippen molar-refractivity contribution >= 4 is 17.3 Å². The van der Waals surface area contributed by atoms with E-state index in [-0.39, 0.29) is 5.91 Å². The number of hydrogen-bond donors (Lipinski definition) is 0. The first-order valence-corrected chi connectivity index (χ1v) is 8.82. The summed E-state index contributed by atoms with van der Waals surface area (Å²) in [6.07, 6.45) is 6.79. The number of pyridine rings is 1. The summed E-state index contributed by atoms with van der Waals surface area (Å²) in [6.45, 7) is 4.92. The van der Waals surface area contributed by atoms with Gasteiger partial charge in [0.25, 0.3) is 5.91 Å². The van der Waals surface area contributed by atoms with E-state index < -0.39 is 0 Å². The van der Waals surface area contributed by atoms with Gasteiger partial charge in [0.15, 0.2) is 0 Å². The second kappa shape index (κ2) is 6.27. The first kappa shape index (κ1) is 15.2. The predicted molar refractivity (Wildman–Crippen MR) is 95.7 cm³/mol. The number of likely N-dealkylation sites (tertiary alicyclic amines) is 1. The Bertz CT molecular complexity index is 750. The lowest BCUT2D eigenvalue weighted by molar-refractivity contribution is 0.0697. The standard InChI is InChI=1S/C20H23N3O/c1-15-6-9-22(10-7-15)20(24)17-12-18(14-21-13-17)23-11-8-16-4-2-3-5-19(16)23/h2-5,12-15H,6-11H2,1H3. The van der Waals surface area contributed by atoms with Gasteiger partial charge in [0.1, 0.15) is 0 Å². The Morgan fingerprint density at radius 2 is 1.92 bits per heavy atom. The molecule has 0 unspecified atom stereocenters. The van der Waals surface area contributed by atoms with E-state index in [9.17, 15) is 4.79 Å². The minimum Gasteiger partial charge on any atom is -0.340 e. The van der Waals surface area contributed by atoms with E-state index in [0.29, 0.717) is 5.56 Å². The van der Waals surface area contributed by atoms with Gasteiger partial charge in [0.2, 0.25) is 0 Å². The van der Waals surface area contributed by atoms with Gasteiger partial charge in [-0.25, -0.2) is 0 Å². The van der Waals surface area contributed by atoms with Crippen LogP contribution in [0.3, 0.4) is 0 Å². The zero-order valence-corrected chi connectivity index (χ0v) is 14.1. The van der Waals surface area contributed by atoms with Gasteiger partial charge in [0, 0.05) is 31.5 Å². The number of anilines is 2. The molecule has 1 amide bonds. The molecule has 1 fully saturated rings. The average Bonchev–Trinajstić information content (AvgIpc) is 3.06. The van der Waals surface area contributed by atoms with E-state index in [1.54, 1.807) is 6.20 Å². The van der Waals surface area contributed by atoms with Crippen LogP contribution in [-0.2, 0) is 6.42 Å². The molecule has 0 N–H and O–H groups in total. The molecule has 0 atom stereocenters. The number of hydrogen-bond acceptors (Lipinski definition) is 3. The van der Waals surface area contributed by atoms with Crippen LogP contribution >= 0.6 is 0 Å². The monoisotopic (exact) mass is 321 g/mol. The maximum Gasteiger partial charge on any atom is 0.255 e. The summed E-state index contributed by atoms with van der Waals surface area (Å²) in [5.41, 5.74) is 4.30. The van der Waals surface area contributed by atoms with Crippen molar-refractivity contribution in [3.63, 3.8) is 0 Å². The van der Waals surface area contributed by atoms with E-state index in [4.69, 9.17) is 0 Å². The highest BCUT2D eigenvalue weighted by Gasteiger charge is 2.24. The average molecular weight is 321 g/mol. The molecule has 3 heterocycles. The number of carbonyl (C=O) groups excluding carboxylic acids is 1. The fourth-order valence-corrected chi connectivity index (χ4v) is 3.69. The summed E-state index contributed by atoms with van der Waals surface area (Å²) in [5, 5.41) is 0. The Morgan fingerprint density at radius 3 is 2.75 bits per heavy atom. The number of para-hydroxylation sites is 1. The molecule has 1 aromatic carbocycles. The molecular weight excluding hydrogens is 298 g/mol. The van der Waals surface area contributed by atoms with Gasteiger partial charge in [-0.2, -0.15) is 0 Å². The van der Waals surface area contributed by atoms with Crippen molar-refractivity contribution in [2.45, 2.75) is 26.2 Å². The minimum absolute atomic E-state index is 0.115. The highest BCUT2D eigenvalue weighted by Crippen LogP contribution is 2.34. The molecule has 4 heteroatoms. The van der Waals surface area contributed by atoms with Gasteiger partial charge < -0.3 is 9.80 Å². The quantitative estimate of drug-likeness (QED) is 0.847. The number of rotatable bonds is 2. The normalized spacial score (nSPS) is 17.9. The Labute approximate surface area is 143 Å². The van der Waals surface area contributed by atoms with Gasteiger partial charge >= 0.3 is 0 Å². The van der Waals surface area contributed by atoms with Gasteiger partial charge in [-0.1, -0.05) is 25.1 Å². The summed E-state index contributed by atoms with van der Waals surface area (Å²) >= 11 is 0. The zero-order valence-electron chi connectivity index (χ0n) is 14.1. The lowest BCUT2D eigenvalue weighted by Crippen LogP contribution is -2.38. The number of carbonyl (C=O) groups is 1. The molecule has 2 aliphatic heterocycles. The lowest BCUT2D eigenvalue weighted by Gasteiger charge is -2.30. The molecule has 2 aromatic rings. The van der Waals surface area contributed by atoms with Crippen LogP contribution < -0.4 is 4.90 Å². The van der Waals surface area contributed by atoms with Crippen LogP contribution in [0.25, 0.3) is 0 Å². The number of nitrogens with zero attached hydrogens (tertiary/aromatic N) is 3. The van der Waals surface area contributed by atoms with E-state index >= 15 is 0 Å². The number of piperidine rings is 1. The summed E-state index contributed by atoms with van der Waals surface area (Å²) in [5.74, 6) is 0.836. The van der Waals surface area contributed by atoms with E-state index in [1.807, 2.05) is 17.2 Å². The molecular formula is C20H23N3O. The van der Waals surface area contributed by atoms with Gasteiger partial charge in [-0.05, 0) is 42.9 Å². The first-order valence-electron chi connectivity index (χ1n) is 8.82. The summed E-state index contributed by atoms with van der Waals surface area (Å²) in [7, 11) is 0. The van der Waals surface area contributed by atoms with Crippen LogP contribution in [0, 0.1) is 5.92 Å². The van der Waals surface area contributed by atoms with Crippen LogP contribution in [0.1, 0.15) is 35.7 Å². The molecule has 0 bridgehead atoms. The molecule has 124 valence electrons. The molecule has 4 nitrogen and oxygen atoms in total. The van der Waals surface area contributed by atoms with Crippen molar-refractivity contribution in [3.05, 3.63) is 53.9 Å². The Hall–Kier alpha value is -2.36. The molecule has 0 saturated carbocycles. The molecule has 2 aliphatic rings. The molecule has 1 aromatic heterocycles. The highest BCUT2D eigenvalue weighted by atomic mass is 16.2. The number of amides is 1. The zero-order chi connectivity index (χ0) is 16.5. The lowest BCUT2D eigenvalue weighted by atomic mass is 9.99. The first-order chi connectivity index (χ1) is 11.7. The van der Waals surface area contributed by atoms with Crippen molar-refractivity contribution in [2.75, 3.05) is 24.5 Å². The highest BCUT2D eigenvalue weighted by molar-refractivity contribution is 5.95.